The molecule has 0 saturated carbocycles. The summed E-state index contributed by atoms with van der Waals surface area (Å²) < 4.78 is 0. The Labute approximate surface area is 144 Å². The molecule has 0 radical (unpaired) electrons. The summed E-state index contributed by atoms with van der Waals surface area (Å²) in [6.45, 7) is 21.8. The summed E-state index contributed by atoms with van der Waals surface area (Å²) in [5, 5.41) is 0. The van der Waals surface area contributed by atoms with Crippen LogP contribution in [0.3, 0.4) is 0 Å². The molecule has 0 aliphatic rings. The van der Waals surface area contributed by atoms with Gasteiger partial charge in [-0.05, 0) is 30.3 Å². The highest BCUT2D eigenvalue weighted by atomic mass is 14.2. The molecular formula is C22H48. The average Bonchev–Trinajstić information content (AvgIpc) is 2.42. The fraction of sp³-hybridized carbons (Fsp3) is 0.818. The van der Waals surface area contributed by atoms with Crippen molar-refractivity contribution in [2.24, 2.45) is 11.3 Å². The predicted octanol–water partition coefficient (Wildman–Crippen LogP) is 8.83. The summed E-state index contributed by atoms with van der Waals surface area (Å²) in [6, 6.07) is 0. The van der Waals surface area contributed by atoms with Crippen molar-refractivity contribution in [1.82, 2.24) is 0 Å². The van der Waals surface area contributed by atoms with Gasteiger partial charge in [0, 0.05) is 0 Å². The van der Waals surface area contributed by atoms with Crippen molar-refractivity contribution in [3.63, 3.8) is 0 Å². The largest absolute Gasteiger partial charge is 0.0845 e. The highest BCUT2D eigenvalue weighted by Gasteiger charge is 2.12. The molecule has 0 unspecified atom stereocenters. The van der Waals surface area contributed by atoms with Gasteiger partial charge in [-0.15, -0.1) is 0 Å². The van der Waals surface area contributed by atoms with E-state index in [0.29, 0.717) is 5.41 Å². The van der Waals surface area contributed by atoms with Crippen molar-refractivity contribution in [3.8, 4) is 0 Å². The molecule has 0 spiro atoms. The Morgan fingerprint density at radius 1 is 0.955 bits per heavy atom. The summed E-state index contributed by atoms with van der Waals surface area (Å²) >= 11 is 0. The maximum Gasteiger partial charge on any atom is -0.0135 e. The molecule has 0 fully saturated rings. The molecule has 0 aliphatic carbocycles. The molecule has 0 saturated heterocycles. The van der Waals surface area contributed by atoms with Crippen LogP contribution in [0.2, 0.25) is 0 Å². The third-order valence-electron chi connectivity index (χ3n) is 3.27. The SMILES string of the molecule is C.C/C=C(\C=C/CC)C(C)(C)C.CC.CCCC(C)CCC. The lowest BCUT2D eigenvalue weighted by Crippen LogP contribution is -2.06. The van der Waals surface area contributed by atoms with Crippen LogP contribution in [0.15, 0.2) is 23.8 Å². The van der Waals surface area contributed by atoms with Crippen molar-refractivity contribution in [2.75, 3.05) is 0 Å². The van der Waals surface area contributed by atoms with Crippen molar-refractivity contribution < 1.29 is 0 Å². The second kappa shape index (κ2) is 20.5. The summed E-state index contributed by atoms with van der Waals surface area (Å²) in [5.74, 6) is 0.963. The highest BCUT2D eigenvalue weighted by molar-refractivity contribution is 5.23. The van der Waals surface area contributed by atoms with E-state index in [1.165, 1.54) is 31.3 Å². The molecule has 0 aliphatic heterocycles. The topological polar surface area (TPSA) is 0 Å². The maximum absolute atomic E-state index is 2.34. The van der Waals surface area contributed by atoms with E-state index in [1.807, 2.05) is 13.8 Å². The van der Waals surface area contributed by atoms with Crippen LogP contribution in [0.4, 0.5) is 0 Å². The summed E-state index contributed by atoms with van der Waals surface area (Å²) in [7, 11) is 0. The third kappa shape index (κ3) is 21.8. The van der Waals surface area contributed by atoms with E-state index < -0.39 is 0 Å². The molecule has 0 aromatic rings. The van der Waals surface area contributed by atoms with Crippen molar-refractivity contribution >= 4 is 0 Å². The zero-order valence-corrected chi connectivity index (χ0v) is 16.8. The molecule has 0 heteroatoms. The van der Waals surface area contributed by atoms with Gasteiger partial charge in [0.2, 0.25) is 0 Å². The fourth-order valence-electron chi connectivity index (χ4n) is 2.15. The molecule has 0 nitrogen and oxygen atoms in total. The van der Waals surface area contributed by atoms with Gasteiger partial charge in [-0.1, -0.05) is 114 Å². The van der Waals surface area contributed by atoms with Crippen molar-refractivity contribution in [2.45, 2.75) is 109 Å². The Bertz CT molecular complexity index is 231. The van der Waals surface area contributed by atoms with Gasteiger partial charge in [-0.2, -0.15) is 0 Å². The number of allylic oxidation sites excluding steroid dienone is 4. The van der Waals surface area contributed by atoms with Gasteiger partial charge in [-0.3, -0.25) is 0 Å². The Hall–Kier alpha value is -0.520. The Morgan fingerprint density at radius 2 is 1.36 bits per heavy atom. The molecular weight excluding hydrogens is 264 g/mol. The molecule has 0 aromatic heterocycles. The summed E-state index contributed by atoms with van der Waals surface area (Å²) in [6.07, 6.45) is 13.3. The van der Waals surface area contributed by atoms with Crippen LogP contribution in [0, 0.1) is 11.3 Å². The first-order valence-corrected chi connectivity index (χ1v) is 9.16. The van der Waals surface area contributed by atoms with E-state index in [-0.39, 0.29) is 7.43 Å². The van der Waals surface area contributed by atoms with Gasteiger partial charge in [0.15, 0.2) is 0 Å². The second-order valence-corrected chi connectivity index (χ2v) is 6.49. The Kier molecular flexibility index (Phi) is 27.4. The minimum atomic E-state index is 0. The monoisotopic (exact) mass is 312 g/mol. The van der Waals surface area contributed by atoms with Gasteiger partial charge in [0.05, 0.1) is 0 Å². The number of rotatable bonds is 6. The lowest BCUT2D eigenvalue weighted by molar-refractivity contribution is 0.480. The lowest BCUT2D eigenvalue weighted by atomic mass is 9.86. The molecule has 136 valence electrons. The zero-order valence-electron chi connectivity index (χ0n) is 16.8. The summed E-state index contributed by atoms with van der Waals surface area (Å²) in [5.41, 5.74) is 1.71. The van der Waals surface area contributed by atoms with Gasteiger partial charge >= 0.3 is 0 Å². The van der Waals surface area contributed by atoms with Crippen LogP contribution in [0.25, 0.3) is 0 Å². The molecule has 0 N–H and O–H groups in total. The van der Waals surface area contributed by atoms with Crippen LogP contribution < -0.4 is 0 Å². The van der Waals surface area contributed by atoms with Crippen LogP contribution in [0.1, 0.15) is 109 Å². The Morgan fingerprint density at radius 3 is 1.59 bits per heavy atom. The number of hydrogen-bond donors (Lipinski definition) is 0. The van der Waals surface area contributed by atoms with E-state index in [4.69, 9.17) is 0 Å². The zero-order chi connectivity index (χ0) is 17.3. The smallest absolute Gasteiger partial charge is 0.0135 e. The van der Waals surface area contributed by atoms with Crippen molar-refractivity contribution in [3.05, 3.63) is 23.8 Å². The van der Waals surface area contributed by atoms with Gasteiger partial charge in [-0.25, -0.2) is 0 Å². The molecule has 0 heterocycles. The van der Waals surface area contributed by atoms with E-state index in [0.717, 1.165) is 12.3 Å². The minimum Gasteiger partial charge on any atom is -0.0845 e. The first kappa shape index (κ1) is 29.5. The van der Waals surface area contributed by atoms with E-state index in [9.17, 15) is 0 Å². The van der Waals surface area contributed by atoms with Crippen LogP contribution >= 0.6 is 0 Å². The van der Waals surface area contributed by atoms with E-state index in [2.05, 4.69) is 73.6 Å². The maximum atomic E-state index is 2.34. The standard InChI is InChI=1S/C11H20.C8H18.C2H6.CH4/c1-6-8-9-10(7-2)11(3,4)5;1-4-6-8(3)7-5-2;1-2;/h7-9H,6H2,1-5H3;8H,4-7H2,1-3H3;1-2H3;1H4/b9-8-,10-7+;;;. The van der Waals surface area contributed by atoms with E-state index in [1.54, 1.807) is 0 Å². The minimum absolute atomic E-state index is 0. The first-order valence-electron chi connectivity index (χ1n) is 9.16. The molecule has 0 bridgehead atoms. The molecule has 0 aromatic carbocycles. The van der Waals surface area contributed by atoms with Crippen LogP contribution in [0.5, 0.6) is 0 Å². The predicted molar refractivity (Wildman–Crippen MR) is 110 cm³/mol. The highest BCUT2D eigenvalue weighted by Crippen LogP contribution is 2.25. The lowest BCUT2D eigenvalue weighted by Gasteiger charge is -2.19. The van der Waals surface area contributed by atoms with Gasteiger partial charge < -0.3 is 0 Å². The summed E-state index contributed by atoms with van der Waals surface area (Å²) in [4.78, 5) is 0. The quantitative estimate of drug-likeness (QED) is 0.430. The third-order valence-corrected chi connectivity index (χ3v) is 3.27. The average molecular weight is 313 g/mol. The molecule has 0 amide bonds. The first-order chi connectivity index (χ1) is 9.83. The number of hydrogen-bond acceptors (Lipinski definition) is 0. The van der Waals surface area contributed by atoms with Gasteiger partial charge in [0.25, 0.3) is 0 Å². The van der Waals surface area contributed by atoms with Gasteiger partial charge in [0.1, 0.15) is 0 Å². The Balaban J connectivity index is -0.000000131. The fourth-order valence-corrected chi connectivity index (χ4v) is 2.15. The van der Waals surface area contributed by atoms with Crippen LogP contribution in [-0.2, 0) is 0 Å². The molecule has 0 atom stereocenters. The van der Waals surface area contributed by atoms with Crippen molar-refractivity contribution in [1.29, 1.82) is 0 Å². The van der Waals surface area contributed by atoms with Crippen LogP contribution in [-0.4, -0.2) is 0 Å². The second-order valence-electron chi connectivity index (χ2n) is 6.49. The van der Waals surface area contributed by atoms with E-state index >= 15 is 0 Å². The molecule has 0 rings (SSSR count). The molecule has 22 heavy (non-hydrogen) atoms. The normalized spacial score (nSPS) is 11.3.